The first-order valence-corrected chi connectivity index (χ1v) is 12.0. The largest absolute Gasteiger partial charge is 0.497 e. The number of methoxy groups -OCH3 is 1. The summed E-state index contributed by atoms with van der Waals surface area (Å²) in [5.41, 5.74) is 2.01. The number of nitrogens with one attached hydrogen (secondary N) is 2. The SMILES string of the molecule is COc1ccc(C2(C(=O)N3CSC[C@@H]3C(=O)Nc3cccc4[nH]ncc34)CCCC2)cc1. The fourth-order valence-electron chi connectivity index (χ4n) is 4.94. The molecule has 2 aliphatic rings. The highest BCUT2D eigenvalue weighted by atomic mass is 32.2. The number of hydrogen-bond donors (Lipinski definition) is 2. The van der Waals surface area contributed by atoms with Gasteiger partial charge in [-0.3, -0.25) is 14.7 Å². The van der Waals surface area contributed by atoms with Gasteiger partial charge in [0.25, 0.3) is 0 Å². The van der Waals surface area contributed by atoms with Gasteiger partial charge in [-0.15, -0.1) is 11.8 Å². The molecule has 1 aliphatic heterocycles. The molecule has 3 aromatic rings. The van der Waals surface area contributed by atoms with Gasteiger partial charge in [0.15, 0.2) is 0 Å². The molecule has 1 saturated heterocycles. The Morgan fingerprint density at radius 1 is 1.19 bits per heavy atom. The number of ether oxygens (including phenoxy) is 1. The van der Waals surface area contributed by atoms with Crippen molar-refractivity contribution in [2.45, 2.75) is 37.1 Å². The van der Waals surface area contributed by atoms with Gasteiger partial charge in [-0.25, -0.2) is 0 Å². The minimum atomic E-state index is -0.569. The van der Waals surface area contributed by atoms with Crippen molar-refractivity contribution in [1.29, 1.82) is 0 Å². The molecule has 7 nitrogen and oxygen atoms in total. The van der Waals surface area contributed by atoms with E-state index in [0.29, 0.717) is 17.3 Å². The number of carbonyl (C=O) groups is 2. The molecule has 1 aromatic heterocycles. The average molecular weight is 451 g/mol. The van der Waals surface area contributed by atoms with Crippen LogP contribution in [0.15, 0.2) is 48.7 Å². The molecule has 0 unspecified atom stereocenters. The quantitative estimate of drug-likeness (QED) is 0.615. The molecule has 1 saturated carbocycles. The number of aromatic amines is 1. The monoisotopic (exact) mass is 450 g/mol. The van der Waals surface area contributed by atoms with E-state index in [0.717, 1.165) is 47.9 Å². The standard InChI is InChI=1S/C24H26N4O3S/c1-31-17-9-7-16(8-10-17)24(11-2-3-12-24)23(30)28-15-32-14-21(28)22(29)26-19-5-4-6-20-18(19)13-25-27-20/h4-10,13,21H,2-3,11-12,14-15H2,1H3,(H,25,27)(H,26,29)/t21-/m1/s1. The minimum Gasteiger partial charge on any atom is -0.497 e. The van der Waals surface area contributed by atoms with E-state index in [1.54, 1.807) is 30.0 Å². The molecular formula is C24H26N4O3S. The maximum Gasteiger partial charge on any atom is 0.248 e. The second-order valence-corrected chi connectivity index (χ2v) is 9.43. The topological polar surface area (TPSA) is 87.3 Å². The van der Waals surface area contributed by atoms with Crippen molar-refractivity contribution in [1.82, 2.24) is 15.1 Å². The number of nitrogens with zero attached hydrogens (tertiary/aromatic N) is 2. The smallest absolute Gasteiger partial charge is 0.248 e. The van der Waals surface area contributed by atoms with Crippen LogP contribution in [0, 0.1) is 0 Å². The van der Waals surface area contributed by atoms with Crippen LogP contribution in [0.4, 0.5) is 5.69 Å². The van der Waals surface area contributed by atoms with E-state index >= 15 is 0 Å². The average Bonchev–Trinajstić information content (AvgIpc) is 3.59. The zero-order chi connectivity index (χ0) is 22.1. The van der Waals surface area contributed by atoms with E-state index < -0.39 is 11.5 Å². The Morgan fingerprint density at radius 3 is 2.72 bits per heavy atom. The summed E-state index contributed by atoms with van der Waals surface area (Å²) >= 11 is 1.63. The lowest BCUT2D eigenvalue weighted by Gasteiger charge is -2.35. The normalized spacial score (nSPS) is 19.9. The van der Waals surface area contributed by atoms with Crippen LogP contribution in [0.2, 0.25) is 0 Å². The van der Waals surface area contributed by atoms with Gasteiger partial charge < -0.3 is 15.0 Å². The summed E-state index contributed by atoms with van der Waals surface area (Å²) in [6, 6.07) is 13.0. The third-order valence-corrected chi connectivity index (χ3v) is 7.71. The Balaban J connectivity index is 1.40. The molecule has 32 heavy (non-hydrogen) atoms. The Hall–Kier alpha value is -3.00. The van der Waals surface area contributed by atoms with Crippen LogP contribution < -0.4 is 10.1 Å². The first-order chi connectivity index (χ1) is 15.6. The number of rotatable bonds is 5. The molecule has 166 valence electrons. The van der Waals surface area contributed by atoms with Crippen LogP contribution in [0.1, 0.15) is 31.2 Å². The third kappa shape index (κ3) is 3.52. The van der Waals surface area contributed by atoms with Gasteiger partial charge in [-0.2, -0.15) is 5.10 Å². The van der Waals surface area contributed by atoms with Crippen LogP contribution in [0.5, 0.6) is 5.75 Å². The Bertz CT molecular complexity index is 1140. The number of fused-ring (bicyclic) bond motifs is 1. The number of aromatic nitrogens is 2. The van der Waals surface area contributed by atoms with Crippen molar-refractivity contribution in [3.63, 3.8) is 0 Å². The van der Waals surface area contributed by atoms with Crippen molar-refractivity contribution in [2.75, 3.05) is 24.1 Å². The van der Waals surface area contributed by atoms with Gasteiger partial charge in [0, 0.05) is 11.1 Å². The molecule has 2 amide bonds. The van der Waals surface area contributed by atoms with Gasteiger partial charge in [-0.1, -0.05) is 31.0 Å². The van der Waals surface area contributed by atoms with E-state index in [4.69, 9.17) is 4.74 Å². The van der Waals surface area contributed by atoms with Crippen LogP contribution in [-0.2, 0) is 15.0 Å². The van der Waals surface area contributed by atoms with Crippen molar-refractivity contribution in [3.8, 4) is 5.75 Å². The van der Waals surface area contributed by atoms with Crippen molar-refractivity contribution < 1.29 is 14.3 Å². The van der Waals surface area contributed by atoms with E-state index in [-0.39, 0.29) is 11.8 Å². The molecule has 1 atom stereocenters. The fraction of sp³-hybridized carbons (Fsp3) is 0.375. The summed E-state index contributed by atoms with van der Waals surface area (Å²) in [5, 5.41) is 10.9. The van der Waals surface area contributed by atoms with E-state index in [1.165, 1.54) is 0 Å². The zero-order valence-corrected chi connectivity index (χ0v) is 18.8. The lowest BCUT2D eigenvalue weighted by molar-refractivity contribution is -0.141. The first kappa shape index (κ1) is 20.9. The highest BCUT2D eigenvalue weighted by molar-refractivity contribution is 7.99. The minimum absolute atomic E-state index is 0.0619. The van der Waals surface area contributed by atoms with Gasteiger partial charge >= 0.3 is 0 Å². The van der Waals surface area contributed by atoms with Gasteiger partial charge in [0.2, 0.25) is 11.8 Å². The number of carbonyl (C=O) groups excluding carboxylic acids is 2. The molecule has 2 fully saturated rings. The zero-order valence-electron chi connectivity index (χ0n) is 18.0. The Labute approximate surface area is 190 Å². The highest BCUT2D eigenvalue weighted by Gasteiger charge is 2.48. The summed E-state index contributed by atoms with van der Waals surface area (Å²) in [7, 11) is 1.64. The van der Waals surface area contributed by atoms with E-state index in [2.05, 4.69) is 15.5 Å². The lowest BCUT2D eigenvalue weighted by atomic mass is 9.77. The molecular weight excluding hydrogens is 424 g/mol. The molecule has 0 spiro atoms. The molecule has 0 radical (unpaired) electrons. The van der Waals surface area contributed by atoms with Crippen LogP contribution >= 0.6 is 11.8 Å². The van der Waals surface area contributed by atoms with Gasteiger partial charge in [-0.05, 0) is 42.7 Å². The Morgan fingerprint density at radius 2 is 1.97 bits per heavy atom. The highest BCUT2D eigenvalue weighted by Crippen LogP contribution is 2.44. The molecule has 5 rings (SSSR count). The number of amides is 2. The van der Waals surface area contributed by atoms with Gasteiger partial charge in [0.1, 0.15) is 11.8 Å². The van der Waals surface area contributed by atoms with Gasteiger partial charge in [0.05, 0.1) is 35.8 Å². The predicted octanol–water partition coefficient (Wildman–Crippen LogP) is 3.92. The molecule has 1 aliphatic carbocycles. The van der Waals surface area contributed by atoms with Crippen LogP contribution in [0.25, 0.3) is 10.9 Å². The predicted molar refractivity (Wildman–Crippen MR) is 126 cm³/mol. The van der Waals surface area contributed by atoms with Crippen molar-refractivity contribution >= 4 is 40.2 Å². The summed E-state index contributed by atoms with van der Waals surface area (Å²) in [4.78, 5) is 29.0. The summed E-state index contributed by atoms with van der Waals surface area (Å²) in [5.74, 6) is 1.81. The summed E-state index contributed by atoms with van der Waals surface area (Å²) in [6.07, 6.45) is 5.34. The second kappa shape index (κ2) is 8.50. The fourth-order valence-corrected chi connectivity index (χ4v) is 6.10. The molecule has 8 heteroatoms. The molecule has 2 aromatic carbocycles. The first-order valence-electron chi connectivity index (χ1n) is 10.9. The maximum absolute atomic E-state index is 13.9. The van der Waals surface area contributed by atoms with Crippen LogP contribution in [-0.4, -0.2) is 51.7 Å². The number of thioether (sulfide) groups is 1. The lowest BCUT2D eigenvalue weighted by Crippen LogP contribution is -2.51. The Kier molecular flexibility index (Phi) is 5.55. The molecule has 0 bridgehead atoms. The number of H-pyrrole nitrogens is 1. The summed E-state index contributed by atoms with van der Waals surface area (Å²) in [6.45, 7) is 0. The molecule has 2 heterocycles. The maximum atomic E-state index is 13.9. The number of benzene rings is 2. The third-order valence-electron chi connectivity index (χ3n) is 6.70. The van der Waals surface area contributed by atoms with E-state index in [1.807, 2.05) is 42.5 Å². The number of anilines is 1. The number of hydrogen-bond acceptors (Lipinski definition) is 5. The van der Waals surface area contributed by atoms with E-state index in [9.17, 15) is 9.59 Å². The van der Waals surface area contributed by atoms with Crippen LogP contribution in [0.3, 0.4) is 0 Å². The molecule has 2 N–H and O–H groups in total. The van der Waals surface area contributed by atoms with Crippen molar-refractivity contribution in [2.24, 2.45) is 0 Å². The van der Waals surface area contributed by atoms with Crippen molar-refractivity contribution in [3.05, 3.63) is 54.2 Å². The summed E-state index contributed by atoms with van der Waals surface area (Å²) < 4.78 is 5.30. The second-order valence-electron chi connectivity index (χ2n) is 8.43.